The van der Waals surface area contributed by atoms with Crippen molar-refractivity contribution in [2.45, 2.75) is 6.42 Å². The van der Waals surface area contributed by atoms with Crippen molar-refractivity contribution in [3.8, 4) is 6.07 Å². The number of nitrogens with one attached hydrogen (secondary N) is 1. The zero-order valence-electron chi connectivity index (χ0n) is 6.78. The van der Waals surface area contributed by atoms with Gasteiger partial charge in [-0.3, -0.25) is 4.79 Å². The SMILES string of the molecule is N#CCNC(=O)Cc1csc(N)n1. The third-order valence-corrected chi connectivity index (χ3v) is 2.00. The van der Waals surface area contributed by atoms with E-state index in [0.717, 1.165) is 0 Å². The summed E-state index contributed by atoms with van der Waals surface area (Å²) >= 11 is 1.29. The van der Waals surface area contributed by atoms with Gasteiger partial charge in [0.15, 0.2) is 5.13 Å². The Morgan fingerprint density at radius 2 is 2.62 bits per heavy atom. The van der Waals surface area contributed by atoms with E-state index >= 15 is 0 Å². The minimum atomic E-state index is -0.216. The summed E-state index contributed by atoms with van der Waals surface area (Å²) in [5.74, 6) is -0.216. The topological polar surface area (TPSA) is 91.8 Å². The molecule has 0 aliphatic rings. The lowest BCUT2D eigenvalue weighted by atomic mass is 10.3. The molecule has 1 aromatic heterocycles. The van der Waals surface area contributed by atoms with E-state index in [-0.39, 0.29) is 18.9 Å². The quantitative estimate of drug-likeness (QED) is 0.661. The highest BCUT2D eigenvalue weighted by Gasteiger charge is 2.05. The van der Waals surface area contributed by atoms with E-state index < -0.39 is 0 Å². The summed E-state index contributed by atoms with van der Waals surface area (Å²) in [5.41, 5.74) is 6.01. The average Bonchev–Trinajstić information content (AvgIpc) is 2.48. The molecular weight excluding hydrogens is 188 g/mol. The van der Waals surface area contributed by atoms with Gasteiger partial charge in [0.1, 0.15) is 6.54 Å². The molecule has 0 radical (unpaired) electrons. The van der Waals surface area contributed by atoms with E-state index in [1.807, 2.05) is 6.07 Å². The number of rotatable bonds is 3. The maximum Gasteiger partial charge on any atom is 0.226 e. The van der Waals surface area contributed by atoms with Gasteiger partial charge in [-0.15, -0.1) is 11.3 Å². The molecular formula is C7H8N4OS. The van der Waals surface area contributed by atoms with Crippen LogP contribution in [-0.2, 0) is 11.2 Å². The number of nitrogens with two attached hydrogens (primary N) is 1. The molecule has 0 saturated heterocycles. The smallest absolute Gasteiger partial charge is 0.226 e. The third kappa shape index (κ3) is 3.09. The molecule has 13 heavy (non-hydrogen) atoms. The molecule has 1 amide bonds. The van der Waals surface area contributed by atoms with Crippen molar-refractivity contribution >= 4 is 22.4 Å². The Hall–Kier alpha value is -1.61. The van der Waals surface area contributed by atoms with Crippen molar-refractivity contribution in [2.24, 2.45) is 0 Å². The number of anilines is 1. The van der Waals surface area contributed by atoms with Crippen LogP contribution in [0.15, 0.2) is 5.38 Å². The highest BCUT2D eigenvalue weighted by Crippen LogP contribution is 2.10. The van der Waals surface area contributed by atoms with Gasteiger partial charge in [-0.1, -0.05) is 0 Å². The van der Waals surface area contributed by atoms with E-state index in [0.29, 0.717) is 10.8 Å². The molecule has 1 heterocycles. The molecule has 68 valence electrons. The molecule has 0 aliphatic heterocycles. The number of nitriles is 1. The first-order valence-corrected chi connectivity index (χ1v) is 4.44. The van der Waals surface area contributed by atoms with E-state index in [9.17, 15) is 4.79 Å². The van der Waals surface area contributed by atoms with Gasteiger partial charge in [0.25, 0.3) is 0 Å². The standard InChI is InChI=1S/C7H8N4OS/c8-1-2-10-6(12)3-5-4-13-7(9)11-5/h4H,2-3H2,(H2,9,11)(H,10,12). The summed E-state index contributed by atoms with van der Waals surface area (Å²) < 4.78 is 0. The van der Waals surface area contributed by atoms with Crippen molar-refractivity contribution in [1.82, 2.24) is 10.3 Å². The Kier molecular flexibility index (Phi) is 3.23. The van der Waals surface area contributed by atoms with Gasteiger partial charge < -0.3 is 11.1 Å². The van der Waals surface area contributed by atoms with Gasteiger partial charge in [0.2, 0.25) is 5.91 Å². The van der Waals surface area contributed by atoms with Crippen LogP contribution in [0.25, 0.3) is 0 Å². The van der Waals surface area contributed by atoms with Gasteiger partial charge in [-0.25, -0.2) is 4.98 Å². The number of nitrogens with zero attached hydrogens (tertiary/aromatic N) is 2. The number of hydrogen-bond donors (Lipinski definition) is 2. The van der Waals surface area contributed by atoms with Crippen molar-refractivity contribution in [1.29, 1.82) is 5.26 Å². The fourth-order valence-corrected chi connectivity index (χ4v) is 1.33. The Bertz CT molecular complexity index is 341. The fourth-order valence-electron chi connectivity index (χ4n) is 0.769. The molecule has 0 atom stereocenters. The van der Waals surface area contributed by atoms with Crippen molar-refractivity contribution in [2.75, 3.05) is 12.3 Å². The minimum Gasteiger partial charge on any atom is -0.375 e. The van der Waals surface area contributed by atoms with Crippen LogP contribution in [-0.4, -0.2) is 17.4 Å². The highest BCUT2D eigenvalue weighted by atomic mass is 32.1. The first-order valence-electron chi connectivity index (χ1n) is 3.56. The molecule has 0 saturated carbocycles. The normalized spacial score (nSPS) is 9.15. The van der Waals surface area contributed by atoms with Crippen LogP contribution in [0.3, 0.4) is 0 Å². The van der Waals surface area contributed by atoms with Gasteiger partial charge in [0, 0.05) is 5.38 Å². The molecule has 1 rings (SSSR count). The number of amides is 1. The number of thiazole rings is 1. The fraction of sp³-hybridized carbons (Fsp3) is 0.286. The molecule has 5 nitrogen and oxygen atoms in total. The van der Waals surface area contributed by atoms with Gasteiger partial charge in [0.05, 0.1) is 18.2 Å². The van der Waals surface area contributed by atoms with E-state index in [1.54, 1.807) is 5.38 Å². The van der Waals surface area contributed by atoms with E-state index in [1.165, 1.54) is 11.3 Å². The third-order valence-electron chi connectivity index (χ3n) is 1.28. The van der Waals surface area contributed by atoms with Crippen molar-refractivity contribution in [3.05, 3.63) is 11.1 Å². The maximum atomic E-state index is 11.0. The van der Waals surface area contributed by atoms with Crippen LogP contribution >= 0.6 is 11.3 Å². The lowest BCUT2D eigenvalue weighted by molar-refractivity contribution is -0.120. The molecule has 0 fully saturated rings. The van der Waals surface area contributed by atoms with Gasteiger partial charge in [-0.2, -0.15) is 5.26 Å². The van der Waals surface area contributed by atoms with E-state index in [2.05, 4.69) is 10.3 Å². The number of hydrogen-bond acceptors (Lipinski definition) is 5. The highest BCUT2D eigenvalue weighted by molar-refractivity contribution is 7.13. The second kappa shape index (κ2) is 4.42. The molecule has 0 bridgehead atoms. The van der Waals surface area contributed by atoms with Crippen LogP contribution in [0.1, 0.15) is 5.69 Å². The summed E-state index contributed by atoms with van der Waals surface area (Å²) in [6.45, 7) is 0.0262. The van der Waals surface area contributed by atoms with Crippen LogP contribution in [0.5, 0.6) is 0 Å². The Labute approximate surface area is 79.2 Å². The van der Waals surface area contributed by atoms with Crippen molar-refractivity contribution in [3.63, 3.8) is 0 Å². The molecule has 0 aromatic carbocycles. The number of nitrogen functional groups attached to an aromatic ring is 1. The lowest BCUT2D eigenvalue weighted by Crippen LogP contribution is -2.25. The Balaban J connectivity index is 2.41. The van der Waals surface area contributed by atoms with Gasteiger partial charge in [-0.05, 0) is 0 Å². The summed E-state index contributed by atoms with van der Waals surface area (Å²) in [5, 5.41) is 12.8. The second-order valence-corrected chi connectivity index (χ2v) is 3.18. The van der Waals surface area contributed by atoms with E-state index in [4.69, 9.17) is 11.0 Å². The average molecular weight is 196 g/mol. The largest absolute Gasteiger partial charge is 0.375 e. The molecule has 0 spiro atoms. The van der Waals surface area contributed by atoms with Crippen LogP contribution in [0, 0.1) is 11.3 Å². The van der Waals surface area contributed by atoms with Crippen LogP contribution in [0.2, 0.25) is 0 Å². The Morgan fingerprint density at radius 1 is 1.85 bits per heavy atom. The zero-order chi connectivity index (χ0) is 9.68. The number of carbonyl (C=O) groups is 1. The molecule has 1 aromatic rings. The molecule has 6 heteroatoms. The zero-order valence-corrected chi connectivity index (χ0v) is 7.60. The minimum absolute atomic E-state index is 0.0262. The maximum absolute atomic E-state index is 11.0. The molecule has 0 unspecified atom stereocenters. The molecule has 0 aliphatic carbocycles. The number of aromatic nitrogens is 1. The first-order chi connectivity index (χ1) is 6.22. The summed E-state index contributed by atoms with van der Waals surface area (Å²) in [6.07, 6.45) is 0.176. The van der Waals surface area contributed by atoms with Gasteiger partial charge >= 0.3 is 0 Å². The Morgan fingerprint density at radius 3 is 3.15 bits per heavy atom. The molecule has 3 N–H and O–H groups in total. The summed E-state index contributed by atoms with van der Waals surface area (Å²) in [6, 6.07) is 1.82. The second-order valence-electron chi connectivity index (χ2n) is 2.29. The van der Waals surface area contributed by atoms with Crippen LogP contribution < -0.4 is 11.1 Å². The monoisotopic (exact) mass is 196 g/mol. The summed E-state index contributed by atoms with van der Waals surface area (Å²) in [7, 11) is 0. The van der Waals surface area contributed by atoms with Crippen LogP contribution in [0.4, 0.5) is 5.13 Å². The number of carbonyl (C=O) groups excluding carboxylic acids is 1. The summed E-state index contributed by atoms with van der Waals surface area (Å²) in [4.78, 5) is 15.0. The predicted molar refractivity (Wildman–Crippen MR) is 48.9 cm³/mol. The van der Waals surface area contributed by atoms with Crippen molar-refractivity contribution < 1.29 is 4.79 Å². The predicted octanol–water partition coefficient (Wildman–Crippen LogP) is -0.0924. The first kappa shape index (κ1) is 9.48. The lowest BCUT2D eigenvalue weighted by Gasteiger charge is -1.96.